The number of carbonyl (C=O) groups is 1. The first kappa shape index (κ1) is 19.0. The second-order valence-corrected chi connectivity index (χ2v) is 6.37. The summed E-state index contributed by atoms with van der Waals surface area (Å²) >= 11 is 1.53. The number of thioether (sulfide) groups is 1. The smallest absolute Gasteiger partial charge is 0.230 e. The van der Waals surface area contributed by atoms with Gasteiger partial charge < -0.3 is 19.5 Å². The van der Waals surface area contributed by atoms with Gasteiger partial charge in [-0.2, -0.15) is 0 Å². The predicted molar refractivity (Wildman–Crippen MR) is 99.8 cm³/mol. The predicted octanol–water partition coefficient (Wildman–Crippen LogP) is 3.43. The van der Waals surface area contributed by atoms with E-state index in [1.54, 1.807) is 27.4 Å². The summed E-state index contributed by atoms with van der Waals surface area (Å²) in [5.74, 6) is 2.15. The van der Waals surface area contributed by atoms with Gasteiger partial charge in [-0.15, -0.1) is 11.8 Å². The second-order valence-electron chi connectivity index (χ2n) is 5.35. The van der Waals surface area contributed by atoms with Gasteiger partial charge >= 0.3 is 0 Å². The van der Waals surface area contributed by atoms with Crippen LogP contribution in [0, 0.1) is 6.92 Å². The average Bonchev–Trinajstić information content (AvgIpc) is 2.64. The van der Waals surface area contributed by atoms with Gasteiger partial charge in [0.15, 0.2) is 11.5 Å². The Bertz CT molecular complexity index is 733. The molecular formula is C19H23NO4S. The summed E-state index contributed by atoms with van der Waals surface area (Å²) in [6.07, 6.45) is 0. The lowest BCUT2D eigenvalue weighted by Crippen LogP contribution is -2.24. The molecule has 0 radical (unpaired) electrons. The van der Waals surface area contributed by atoms with Crippen molar-refractivity contribution >= 4 is 17.7 Å². The van der Waals surface area contributed by atoms with Gasteiger partial charge in [-0.25, -0.2) is 0 Å². The standard InChI is InChI=1S/C19H23NO4S/c1-13-7-5-6-8-18(13)25-12-19(21)20-11-14-9-16(23-3)17(24-4)10-15(14)22-2/h5-10H,11-12H2,1-4H3,(H,20,21). The summed E-state index contributed by atoms with van der Waals surface area (Å²) in [7, 11) is 4.73. The molecule has 1 N–H and O–H groups in total. The maximum Gasteiger partial charge on any atom is 0.230 e. The third-order valence-electron chi connectivity index (χ3n) is 3.71. The molecule has 1 amide bonds. The molecule has 6 heteroatoms. The van der Waals surface area contributed by atoms with E-state index in [1.807, 2.05) is 37.3 Å². The summed E-state index contributed by atoms with van der Waals surface area (Å²) in [4.78, 5) is 13.3. The first-order chi connectivity index (χ1) is 12.1. The minimum absolute atomic E-state index is 0.0370. The number of ether oxygens (including phenoxy) is 3. The Morgan fingerprint density at radius 3 is 2.28 bits per heavy atom. The molecule has 0 spiro atoms. The van der Waals surface area contributed by atoms with Gasteiger partial charge in [0.1, 0.15) is 5.75 Å². The molecule has 2 aromatic carbocycles. The molecule has 0 atom stereocenters. The molecule has 2 rings (SSSR count). The van der Waals surface area contributed by atoms with Crippen molar-refractivity contribution in [2.75, 3.05) is 27.1 Å². The molecule has 0 saturated heterocycles. The zero-order valence-electron chi connectivity index (χ0n) is 14.9. The topological polar surface area (TPSA) is 56.8 Å². The van der Waals surface area contributed by atoms with Crippen molar-refractivity contribution in [3.05, 3.63) is 47.5 Å². The molecule has 0 aliphatic rings. The van der Waals surface area contributed by atoms with Crippen molar-refractivity contribution in [2.45, 2.75) is 18.4 Å². The molecule has 0 saturated carbocycles. The third kappa shape index (κ3) is 5.06. The van der Waals surface area contributed by atoms with Crippen LogP contribution in [0.15, 0.2) is 41.3 Å². The Morgan fingerprint density at radius 2 is 1.64 bits per heavy atom. The fraction of sp³-hybridized carbons (Fsp3) is 0.316. The van der Waals surface area contributed by atoms with Gasteiger partial charge in [0.05, 0.1) is 27.1 Å². The van der Waals surface area contributed by atoms with Gasteiger partial charge in [-0.3, -0.25) is 4.79 Å². The summed E-state index contributed by atoms with van der Waals surface area (Å²) < 4.78 is 15.9. The molecular weight excluding hydrogens is 338 g/mol. The highest BCUT2D eigenvalue weighted by molar-refractivity contribution is 8.00. The van der Waals surface area contributed by atoms with E-state index in [0.717, 1.165) is 10.5 Å². The van der Waals surface area contributed by atoms with Gasteiger partial charge in [0.2, 0.25) is 5.91 Å². The maximum atomic E-state index is 12.1. The lowest BCUT2D eigenvalue weighted by molar-refractivity contribution is -0.118. The number of nitrogens with one attached hydrogen (secondary N) is 1. The monoisotopic (exact) mass is 361 g/mol. The largest absolute Gasteiger partial charge is 0.496 e. The van der Waals surface area contributed by atoms with Crippen LogP contribution < -0.4 is 19.5 Å². The summed E-state index contributed by atoms with van der Waals surface area (Å²) in [6.45, 7) is 2.39. The summed E-state index contributed by atoms with van der Waals surface area (Å²) in [5, 5.41) is 2.92. The number of methoxy groups -OCH3 is 3. The van der Waals surface area contributed by atoms with Crippen LogP contribution in [0.2, 0.25) is 0 Å². The van der Waals surface area contributed by atoms with Crippen molar-refractivity contribution in [3.63, 3.8) is 0 Å². The Kier molecular flexibility index (Phi) is 7.01. The van der Waals surface area contributed by atoms with Crippen molar-refractivity contribution in [3.8, 4) is 17.2 Å². The molecule has 0 unspecified atom stereocenters. The van der Waals surface area contributed by atoms with Crippen LogP contribution >= 0.6 is 11.8 Å². The van der Waals surface area contributed by atoms with Gasteiger partial charge in [0, 0.05) is 23.1 Å². The van der Waals surface area contributed by atoms with E-state index < -0.39 is 0 Å². The number of rotatable bonds is 8. The number of carbonyl (C=O) groups excluding carboxylic acids is 1. The van der Waals surface area contributed by atoms with Crippen LogP contribution in [-0.4, -0.2) is 33.0 Å². The van der Waals surface area contributed by atoms with Crippen molar-refractivity contribution in [2.24, 2.45) is 0 Å². The Labute approximate surface area is 152 Å². The van der Waals surface area contributed by atoms with E-state index in [9.17, 15) is 4.79 Å². The first-order valence-electron chi connectivity index (χ1n) is 7.83. The molecule has 0 aliphatic carbocycles. The molecule has 134 valence electrons. The van der Waals surface area contributed by atoms with Crippen LogP contribution in [0.1, 0.15) is 11.1 Å². The zero-order chi connectivity index (χ0) is 18.2. The van der Waals surface area contributed by atoms with Crippen molar-refractivity contribution in [1.82, 2.24) is 5.32 Å². The number of benzene rings is 2. The molecule has 0 bridgehead atoms. The summed E-state index contributed by atoms with van der Waals surface area (Å²) in [5.41, 5.74) is 2.00. The van der Waals surface area contributed by atoms with Crippen LogP contribution in [0.3, 0.4) is 0 Å². The number of amides is 1. The molecule has 0 heterocycles. The minimum atomic E-state index is -0.0370. The van der Waals surface area contributed by atoms with E-state index in [-0.39, 0.29) is 5.91 Å². The highest BCUT2D eigenvalue weighted by Crippen LogP contribution is 2.34. The molecule has 0 aromatic heterocycles. The lowest BCUT2D eigenvalue weighted by atomic mass is 10.1. The Morgan fingerprint density at radius 1 is 1.00 bits per heavy atom. The van der Waals surface area contributed by atoms with E-state index in [2.05, 4.69) is 5.32 Å². The third-order valence-corrected chi connectivity index (χ3v) is 4.89. The Hall–Kier alpha value is -2.34. The van der Waals surface area contributed by atoms with E-state index in [1.165, 1.54) is 17.3 Å². The first-order valence-corrected chi connectivity index (χ1v) is 8.81. The molecule has 0 aliphatic heterocycles. The average molecular weight is 361 g/mol. The van der Waals surface area contributed by atoms with Crippen LogP contribution in [0.5, 0.6) is 17.2 Å². The molecule has 0 fully saturated rings. The minimum Gasteiger partial charge on any atom is -0.496 e. The van der Waals surface area contributed by atoms with Crippen molar-refractivity contribution in [1.29, 1.82) is 0 Å². The highest BCUT2D eigenvalue weighted by atomic mass is 32.2. The normalized spacial score (nSPS) is 10.2. The molecule has 2 aromatic rings. The molecule has 25 heavy (non-hydrogen) atoms. The van der Waals surface area contributed by atoms with Crippen molar-refractivity contribution < 1.29 is 19.0 Å². The van der Waals surface area contributed by atoms with Gasteiger partial charge in [-0.05, 0) is 24.6 Å². The Balaban J connectivity index is 1.98. The molecule has 5 nitrogen and oxygen atoms in total. The SMILES string of the molecule is COc1cc(OC)c(OC)cc1CNC(=O)CSc1ccccc1C. The lowest BCUT2D eigenvalue weighted by Gasteiger charge is -2.14. The van der Waals surface area contributed by atoms with E-state index >= 15 is 0 Å². The zero-order valence-corrected chi connectivity index (χ0v) is 15.7. The number of hydrogen-bond donors (Lipinski definition) is 1. The fourth-order valence-electron chi connectivity index (χ4n) is 2.34. The van der Waals surface area contributed by atoms with E-state index in [0.29, 0.717) is 29.5 Å². The second kappa shape index (κ2) is 9.22. The van der Waals surface area contributed by atoms with Crippen LogP contribution in [-0.2, 0) is 11.3 Å². The summed E-state index contributed by atoms with van der Waals surface area (Å²) in [6, 6.07) is 11.6. The van der Waals surface area contributed by atoms with Gasteiger partial charge in [-0.1, -0.05) is 18.2 Å². The fourth-order valence-corrected chi connectivity index (χ4v) is 3.20. The van der Waals surface area contributed by atoms with Crippen LogP contribution in [0.4, 0.5) is 0 Å². The van der Waals surface area contributed by atoms with Gasteiger partial charge in [0.25, 0.3) is 0 Å². The maximum absolute atomic E-state index is 12.1. The quantitative estimate of drug-likeness (QED) is 0.730. The van der Waals surface area contributed by atoms with E-state index in [4.69, 9.17) is 14.2 Å². The highest BCUT2D eigenvalue weighted by Gasteiger charge is 2.13. The van der Waals surface area contributed by atoms with Crippen LogP contribution in [0.25, 0.3) is 0 Å². The number of aryl methyl sites for hydroxylation is 1. The number of hydrogen-bond acceptors (Lipinski definition) is 5.